The van der Waals surface area contributed by atoms with Gasteiger partial charge in [-0.05, 0) is 18.3 Å². The molecule has 78 valence electrons. The Morgan fingerprint density at radius 2 is 2.29 bits per heavy atom. The molecule has 1 N–H and O–H groups in total. The lowest BCUT2D eigenvalue weighted by Gasteiger charge is -1.98. The van der Waals surface area contributed by atoms with Gasteiger partial charge in [0.15, 0.2) is 5.82 Å². The van der Waals surface area contributed by atoms with E-state index in [9.17, 15) is 5.11 Å². The summed E-state index contributed by atoms with van der Waals surface area (Å²) in [5, 5.41) is 13.3. The zero-order valence-electron chi connectivity index (χ0n) is 8.82. The van der Waals surface area contributed by atoms with Gasteiger partial charge < -0.3 is 9.63 Å². The van der Waals surface area contributed by atoms with E-state index in [0.717, 1.165) is 6.42 Å². The van der Waals surface area contributed by atoms with Crippen LogP contribution in [0.25, 0.3) is 0 Å². The molecule has 2 atom stereocenters. The van der Waals surface area contributed by atoms with Crippen LogP contribution in [0.4, 0.5) is 0 Å². The predicted octanol–water partition coefficient (Wildman–Crippen LogP) is 2.03. The molecule has 0 saturated heterocycles. The summed E-state index contributed by atoms with van der Waals surface area (Å²) in [6.45, 7) is 6.25. The molecular formula is C10H16N2O2. The molecule has 14 heavy (non-hydrogen) atoms. The van der Waals surface area contributed by atoms with Crippen molar-refractivity contribution < 1.29 is 9.63 Å². The van der Waals surface area contributed by atoms with Gasteiger partial charge in [0.25, 0.3) is 0 Å². The molecule has 4 heteroatoms. The zero-order chi connectivity index (χ0) is 10.3. The smallest absolute Gasteiger partial charge is 0.230 e. The van der Waals surface area contributed by atoms with Gasteiger partial charge in [0.1, 0.15) is 6.10 Å². The number of aliphatic hydroxyl groups excluding tert-OH is 1. The molecule has 2 rings (SSSR count). The molecule has 0 aromatic carbocycles. The van der Waals surface area contributed by atoms with Gasteiger partial charge in [-0.3, -0.25) is 0 Å². The summed E-state index contributed by atoms with van der Waals surface area (Å²) in [4.78, 5) is 4.21. The Morgan fingerprint density at radius 3 is 2.79 bits per heavy atom. The van der Waals surface area contributed by atoms with Crippen LogP contribution in [0.1, 0.15) is 57.3 Å². The van der Waals surface area contributed by atoms with Gasteiger partial charge in [-0.2, -0.15) is 4.98 Å². The van der Waals surface area contributed by atoms with Crippen LogP contribution in [0, 0.1) is 5.41 Å². The second kappa shape index (κ2) is 3.05. The monoisotopic (exact) mass is 196 g/mol. The fourth-order valence-corrected chi connectivity index (χ4v) is 1.60. The van der Waals surface area contributed by atoms with Gasteiger partial charge in [0.2, 0.25) is 5.89 Å². The Labute approximate surface area is 83.3 Å². The van der Waals surface area contributed by atoms with E-state index in [0.29, 0.717) is 29.5 Å². The van der Waals surface area contributed by atoms with Crippen molar-refractivity contribution in [3.05, 3.63) is 11.7 Å². The molecule has 1 aromatic rings. The lowest BCUT2D eigenvalue weighted by molar-refractivity contribution is 0.159. The summed E-state index contributed by atoms with van der Waals surface area (Å²) in [7, 11) is 0. The quantitative estimate of drug-likeness (QED) is 0.803. The first kappa shape index (κ1) is 9.65. The van der Waals surface area contributed by atoms with E-state index in [-0.39, 0.29) is 0 Å². The van der Waals surface area contributed by atoms with Gasteiger partial charge in [-0.15, -0.1) is 0 Å². The van der Waals surface area contributed by atoms with Crippen molar-refractivity contribution in [3.8, 4) is 0 Å². The molecule has 1 fully saturated rings. The molecule has 4 nitrogen and oxygen atoms in total. The fourth-order valence-electron chi connectivity index (χ4n) is 1.60. The second-order valence-electron chi connectivity index (χ2n) is 4.66. The van der Waals surface area contributed by atoms with Crippen molar-refractivity contribution in [3.63, 3.8) is 0 Å². The predicted molar refractivity (Wildman–Crippen MR) is 50.7 cm³/mol. The van der Waals surface area contributed by atoms with Crippen LogP contribution in [-0.2, 0) is 0 Å². The average molecular weight is 196 g/mol. The third-order valence-corrected chi connectivity index (χ3v) is 2.95. The summed E-state index contributed by atoms with van der Waals surface area (Å²) in [5.41, 5.74) is 0.293. The van der Waals surface area contributed by atoms with Crippen LogP contribution in [0.2, 0.25) is 0 Å². The Balaban J connectivity index is 2.11. The van der Waals surface area contributed by atoms with Crippen LogP contribution < -0.4 is 0 Å². The van der Waals surface area contributed by atoms with Gasteiger partial charge in [-0.25, -0.2) is 0 Å². The number of aliphatic hydroxyl groups is 1. The number of nitrogens with zero attached hydrogens (tertiary/aromatic N) is 2. The number of rotatable bonds is 3. The number of hydrogen-bond donors (Lipinski definition) is 1. The first-order chi connectivity index (χ1) is 6.54. The van der Waals surface area contributed by atoms with Crippen molar-refractivity contribution in [2.24, 2.45) is 5.41 Å². The molecule has 0 spiro atoms. The molecule has 1 aliphatic carbocycles. The summed E-state index contributed by atoms with van der Waals surface area (Å²) < 4.78 is 5.13. The summed E-state index contributed by atoms with van der Waals surface area (Å²) in [6, 6.07) is 0. The highest BCUT2D eigenvalue weighted by Crippen LogP contribution is 2.58. The van der Waals surface area contributed by atoms with Crippen LogP contribution in [0.3, 0.4) is 0 Å². The second-order valence-corrected chi connectivity index (χ2v) is 4.66. The lowest BCUT2D eigenvalue weighted by Crippen LogP contribution is -1.98. The minimum atomic E-state index is -0.589. The van der Waals surface area contributed by atoms with Crippen molar-refractivity contribution >= 4 is 0 Å². The van der Waals surface area contributed by atoms with Crippen molar-refractivity contribution in [2.45, 2.75) is 45.6 Å². The van der Waals surface area contributed by atoms with E-state index in [2.05, 4.69) is 24.0 Å². The first-order valence-electron chi connectivity index (χ1n) is 5.06. The standard InChI is InChI=1S/C10H16N2O2/c1-4-7(13)8-11-9(14-12-8)6-5-10(6,2)3/h6-7,13H,4-5H2,1-3H3. The van der Waals surface area contributed by atoms with Gasteiger partial charge in [-0.1, -0.05) is 25.9 Å². The highest BCUT2D eigenvalue weighted by atomic mass is 16.5. The molecule has 0 bridgehead atoms. The number of hydrogen-bond acceptors (Lipinski definition) is 4. The van der Waals surface area contributed by atoms with E-state index in [1.807, 2.05) is 6.92 Å². The van der Waals surface area contributed by atoms with E-state index < -0.39 is 6.10 Å². The van der Waals surface area contributed by atoms with Crippen LogP contribution in [0.15, 0.2) is 4.52 Å². The summed E-state index contributed by atoms with van der Waals surface area (Å²) in [5.74, 6) is 1.48. The molecule has 1 heterocycles. The van der Waals surface area contributed by atoms with Crippen LogP contribution in [0.5, 0.6) is 0 Å². The zero-order valence-corrected chi connectivity index (χ0v) is 8.82. The van der Waals surface area contributed by atoms with Crippen molar-refractivity contribution in [1.82, 2.24) is 10.1 Å². The molecule has 0 radical (unpaired) electrons. The maximum Gasteiger partial charge on any atom is 0.230 e. The van der Waals surface area contributed by atoms with Crippen LogP contribution in [-0.4, -0.2) is 15.2 Å². The fraction of sp³-hybridized carbons (Fsp3) is 0.800. The SMILES string of the molecule is CCC(O)c1noc(C2CC2(C)C)n1. The largest absolute Gasteiger partial charge is 0.385 e. The Kier molecular flexibility index (Phi) is 2.10. The van der Waals surface area contributed by atoms with Crippen molar-refractivity contribution in [1.29, 1.82) is 0 Å². The van der Waals surface area contributed by atoms with Gasteiger partial charge in [0.05, 0.1) is 0 Å². The Bertz CT molecular complexity index is 333. The molecule has 1 saturated carbocycles. The third-order valence-electron chi connectivity index (χ3n) is 2.95. The van der Waals surface area contributed by atoms with E-state index >= 15 is 0 Å². The molecular weight excluding hydrogens is 180 g/mol. The lowest BCUT2D eigenvalue weighted by atomic mass is 10.1. The van der Waals surface area contributed by atoms with E-state index in [1.165, 1.54) is 0 Å². The van der Waals surface area contributed by atoms with E-state index in [1.54, 1.807) is 0 Å². The minimum absolute atomic E-state index is 0.293. The molecule has 1 aliphatic rings. The first-order valence-corrected chi connectivity index (χ1v) is 5.06. The minimum Gasteiger partial charge on any atom is -0.385 e. The Morgan fingerprint density at radius 1 is 1.64 bits per heavy atom. The van der Waals surface area contributed by atoms with Gasteiger partial charge in [0, 0.05) is 5.92 Å². The third kappa shape index (κ3) is 1.54. The topological polar surface area (TPSA) is 59.2 Å². The van der Waals surface area contributed by atoms with E-state index in [4.69, 9.17) is 4.52 Å². The molecule has 0 amide bonds. The average Bonchev–Trinajstić information content (AvgIpc) is 2.64. The van der Waals surface area contributed by atoms with Gasteiger partial charge >= 0.3 is 0 Å². The molecule has 1 aromatic heterocycles. The summed E-state index contributed by atoms with van der Waals surface area (Å²) in [6.07, 6.45) is 1.12. The highest BCUT2D eigenvalue weighted by Gasteiger charge is 2.50. The molecule has 0 aliphatic heterocycles. The molecule has 2 unspecified atom stereocenters. The maximum absolute atomic E-state index is 9.49. The highest BCUT2D eigenvalue weighted by molar-refractivity contribution is 5.13. The number of aromatic nitrogens is 2. The Hall–Kier alpha value is -0.900. The maximum atomic E-state index is 9.49. The summed E-state index contributed by atoms with van der Waals surface area (Å²) >= 11 is 0. The van der Waals surface area contributed by atoms with Crippen LogP contribution >= 0.6 is 0 Å². The van der Waals surface area contributed by atoms with Crippen molar-refractivity contribution in [2.75, 3.05) is 0 Å². The normalized spacial score (nSPS) is 26.1.